The van der Waals surface area contributed by atoms with E-state index in [0.717, 1.165) is 17.8 Å². The molecule has 4 heteroatoms. The van der Waals surface area contributed by atoms with Gasteiger partial charge in [0.15, 0.2) is 0 Å². The maximum Gasteiger partial charge on any atom is 0.0991 e. The minimum Gasteiger partial charge on any atom is -0.305 e. The molecular formula is C14H16N4. The third-order valence-corrected chi connectivity index (χ3v) is 2.97. The number of rotatable bonds is 4. The zero-order valence-electron chi connectivity index (χ0n) is 10.6. The van der Waals surface area contributed by atoms with E-state index in [4.69, 9.17) is 5.26 Å². The Kier molecular flexibility index (Phi) is 3.75. The zero-order chi connectivity index (χ0) is 13.0. The highest BCUT2D eigenvalue weighted by molar-refractivity contribution is 5.32. The van der Waals surface area contributed by atoms with Gasteiger partial charge in [-0.15, -0.1) is 0 Å². The molecule has 18 heavy (non-hydrogen) atoms. The van der Waals surface area contributed by atoms with Gasteiger partial charge >= 0.3 is 0 Å². The molecule has 0 radical (unpaired) electrons. The molecule has 0 saturated heterocycles. The summed E-state index contributed by atoms with van der Waals surface area (Å²) in [5.41, 5.74) is 2.96. The fourth-order valence-corrected chi connectivity index (χ4v) is 1.94. The number of hydrogen-bond acceptors (Lipinski definition) is 3. The molecule has 0 fully saturated rings. The molecule has 1 heterocycles. The first-order valence-electron chi connectivity index (χ1n) is 5.91. The molecule has 1 atom stereocenters. The van der Waals surface area contributed by atoms with Crippen LogP contribution in [0.5, 0.6) is 0 Å². The topological polar surface area (TPSA) is 53.6 Å². The van der Waals surface area contributed by atoms with Crippen LogP contribution in [0, 0.1) is 11.3 Å². The molecule has 0 aliphatic rings. The van der Waals surface area contributed by atoms with Crippen LogP contribution in [-0.4, -0.2) is 9.78 Å². The first-order valence-corrected chi connectivity index (χ1v) is 5.91. The van der Waals surface area contributed by atoms with Crippen LogP contribution in [0.4, 0.5) is 0 Å². The van der Waals surface area contributed by atoms with E-state index in [1.807, 2.05) is 42.1 Å². The van der Waals surface area contributed by atoms with Gasteiger partial charge in [0.2, 0.25) is 0 Å². The Labute approximate surface area is 107 Å². The van der Waals surface area contributed by atoms with E-state index in [9.17, 15) is 0 Å². The van der Waals surface area contributed by atoms with Gasteiger partial charge in [0.1, 0.15) is 0 Å². The van der Waals surface area contributed by atoms with Crippen molar-refractivity contribution < 1.29 is 0 Å². The number of nitrogens with one attached hydrogen (secondary N) is 1. The Balaban J connectivity index is 1.99. The second kappa shape index (κ2) is 5.48. The third kappa shape index (κ3) is 2.76. The molecule has 2 aromatic rings. The van der Waals surface area contributed by atoms with Gasteiger partial charge in [0, 0.05) is 25.8 Å². The van der Waals surface area contributed by atoms with Crippen molar-refractivity contribution in [2.75, 3.05) is 0 Å². The maximum atomic E-state index is 8.84. The molecule has 1 unspecified atom stereocenters. The van der Waals surface area contributed by atoms with Crippen LogP contribution in [-0.2, 0) is 13.6 Å². The molecule has 1 aromatic heterocycles. The summed E-state index contributed by atoms with van der Waals surface area (Å²) < 4.78 is 1.86. The second-order valence-corrected chi connectivity index (χ2v) is 4.29. The van der Waals surface area contributed by atoms with E-state index in [1.165, 1.54) is 0 Å². The van der Waals surface area contributed by atoms with Gasteiger partial charge in [-0.3, -0.25) is 4.68 Å². The molecule has 4 nitrogen and oxygen atoms in total. The van der Waals surface area contributed by atoms with E-state index in [0.29, 0.717) is 5.56 Å². The molecule has 0 aliphatic heterocycles. The summed E-state index contributed by atoms with van der Waals surface area (Å²) in [6.45, 7) is 2.84. The summed E-state index contributed by atoms with van der Waals surface area (Å²) in [5.74, 6) is 0. The van der Waals surface area contributed by atoms with E-state index in [2.05, 4.69) is 23.4 Å². The van der Waals surface area contributed by atoms with Crippen molar-refractivity contribution in [2.24, 2.45) is 7.05 Å². The number of nitriles is 1. The number of aryl methyl sites for hydroxylation is 1. The summed E-state index contributed by atoms with van der Waals surface area (Å²) in [6, 6.07) is 12.0. The molecule has 0 bridgehead atoms. The quantitative estimate of drug-likeness (QED) is 0.890. The molecule has 0 saturated carbocycles. The van der Waals surface area contributed by atoms with Gasteiger partial charge < -0.3 is 5.32 Å². The normalized spacial score (nSPS) is 12.1. The SMILES string of the molecule is CC(NCc1cccc(C#N)c1)c1ccnn1C. The second-order valence-electron chi connectivity index (χ2n) is 4.29. The monoisotopic (exact) mass is 240 g/mol. The van der Waals surface area contributed by atoms with Gasteiger partial charge in [-0.25, -0.2) is 0 Å². The molecule has 1 aromatic carbocycles. The highest BCUT2D eigenvalue weighted by atomic mass is 15.3. The third-order valence-electron chi connectivity index (χ3n) is 2.97. The van der Waals surface area contributed by atoms with Crippen LogP contribution in [0.1, 0.15) is 29.8 Å². The summed E-state index contributed by atoms with van der Waals surface area (Å²) in [6.07, 6.45) is 1.80. The molecule has 0 amide bonds. The predicted molar refractivity (Wildman–Crippen MR) is 69.6 cm³/mol. The summed E-state index contributed by atoms with van der Waals surface area (Å²) >= 11 is 0. The highest BCUT2D eigenvalue weighted by Gasteiger charge is 2.08. The van der Waals surface area contributed by atoms with Gasteiger partial charge in [0.05, 0.1) is 17.3 Å². The van der Waals surface area contributed by atoms with Gasteiger partial charge in [-0.1, -0.05) is 12.1 Å². The first kappa shape index (κ1) is 12.3. The lowest BCUT2D eigenvalue weighted by molar-refractivity contribution is 0.530. The number of nitrogens with zero attached hydrogens (tertiary/aromatic N) is 3. The van der Waals surface area contributed by atoms with E-state index >= 15 is 0 Å². The first-order chi connectivity index (χ1) is 8.70. The van der Waals surface area contributed by atoms with Crippen LogP contribution in [0.15, 0.2) is 36.5 Å². The Morgan fingerprint density at radius 3 is 2.94 bits per heavy atom. The van der Waals surface area contributed by atoms with Crippen molar-refractivity contribution in [2.45, 2.75) is 19.5 Å². The lowest BCUT2D eigenvalue weighted by Crippen LogP contribution is -2.20. The van der Waals surface area contributed by atoms with Crippen LogP contribution in [0.3, 0.4) is 0 Å². The van der Waals surface area contributed by atoms with Crippen LogP contribution < -0.4 is 5.32 Å². The van der Waals surface area contributed by atoms with Crippen LogP contribution in [0.2, 0.25) is 0 Å². The lowest BCUT2D eigenvalue weighted by atomic mass is 10.1. The van der Waals surface area contributed by atoms with Crippen molar-refractivity contribution in [3.63, 3.8) is 0 Å². The average Bonchev–Trinajstić information content (AvgIpc) is 2.82. The molecule has 92 valence electrons. The Bertz CT molecular complexity index is 565. The van der Waals surface area contributed by atoms with Gasteiger partial charge in [0.25, 0.3) is 0 Å². The van der Waals surface area contributed by atoms with Gasteiger partial charge in [-0.05, 0) is 30.7 Å². The molecule has 2 rings (SSSR count). The van der Waals surface area contributed by atoms with Crippen molar-refractivity contribution >= 4 is 0 Å². The fourth-order valence-electron chi connectivity index (χ4n) is 1.94. The maximum absolute atomic E-state index is 8.84. The number of hydrogen-bond donors (Lipinski definition) is 1. The van der Waals surface area contributed by atoms with Crippen molar-refractivity contribution in [3.05, 3.63) is 53.3 Å². The van der Waals surface area contributed by atoms with Crippen molar-refractivity contribution in [1.29, 1.82) is 5.26 Å². The zero-order valence-corrected chi connectivity index (χ0v) is 10.6. The summed E-state index contributed by atoms with van der Waals surface area (Å²) in [5, 5.41) is 16.4. The highest BCUT2D eigenvalue weighted by Crippen LogP contribution is 2.12. The largest absolute Gasteiger partial charge is 0.305 e. The number of aromatic nitrogens is 2. The van der Waals surface area contributed by atoms with Gasteiger partial charge in [-0.2, -0.15) is 10.4 Å². The average molecular weight is 240 g/mol. The summed E-state index contributed by atoms with van der Waals surface area (Å²) in [4.78, 5) is 0. The van der Waals surface area contributed by atoms with Crippen LogP contribution in [0.25, 0.3) is 0 Å². The molecule has 0 spiro atoms. The van der Waals surface area contributed by atoms with E-state index in [-0.39, 0.29) is 6.04 Å². The number of benzene rings is 1. The molecule has 0 aliphatic carbocycles. The Hall–Kier alpha value is -2.12. The Morgan fingerprint density at radius 1 is 1.44 bits per heavy atom. The van der Waals surface area contributed by atoms with Crippen molar-refractivity contribution in [1.82, 2.24) is 15.1 Å². The minimum absolute atomic E-state index is 0.225. The van der Waals surface area contributed by atoms with E-state index in [1.54, 1.807) is 6.20 Å². The fraction of sp³-hybridized carbons (Fsp3) is 0.286. The van der Waals surface area contributed by atoms with Crippen LogP contribution >= 0.6 is 0 Å². The smallest absolute Gasteiger partial charge is 0.0991 e. The molecular weight excluding hydrogens is 224 g/mol. The summed E-state index contributed by atoms with van der Waals surface area (Å²) in [7, 11) is 1.93. The minimum atomic E-state index is 0.225. The van der Waals surface area contributed by atoms with E-state index < -0.39 is 0 Å². The Morgan fingerprint density at radius 2 is 2.28 bits per heavy atom. The molecule has 1 N–H and O–H groups in total. The van der Waals surface area contributed by atoms with Crippen molar-refractivity contribution in [3.8, 4) is 6.07 Å². The lowest BCUT2D eigenvalue weighted by Gasteiger charge is -2.14. The predicted octanol–water partition coefficient (Wildman–Crippen LogP) is 2.14. The standard InChI is InChI=1S/C14H16N4/c1-11(14-6-7-17-18(14)2)16-10-13-5-3-4-12(8-13)9-15/h3-8,11,16H,10H2,1-2H3.